The third kappa shape index (κ3) is 2.64. The largest absolute Gasteiger partial charge is 0.496 e. The van der Waals surface area contributed by atoms with Crippen LogP contribution in [0.25, 0.3) is 0 Å². The summed E-state index contributed by atoms with van der Waals surface area (Å²) in [5.74, 6) is 0.693. The maximum absolute atomic E-state index is 10.2. The lowest BCUT2D eigenvalue weighted by Gasteiger charge is -2.41. The van der Waals surface area contributed by atoms with Crippen LogP contribution < -0.4 is 15.8 Å². The Balaban J connectivity index is 1.97. The van der Waals surface area contributed by atoms with Gasteiger partial charge in [-0.2, -0.15) is 0 Å². The zero-order valence-electron chi connectivity index (χ0n) is 10.6. The van der Waals surface area contributed by atoms with Gasteiger partial charge in [-0.25, -0.2) is 0 Å². The number of aliphatic hydroxyl groups excluding tert-OH is 1. The van der Waals surface area contributed by atoms with Crippen molar-refractivity contribution in [1.29, 1.82) is 0 Å². The molecule has 0 aromatic heterocycles. The lowest BCUT2D eigenvalue weighted by Crippen LogP contribution is -2.65. The number of benzene rings is 1. The highest BCUT2D eigenvalue weighted by atomic mass is 16.5. The Hall–Kier alpha value is -1.14. The second kappa shape index (κ2) is 5.67. The Kier molecular flexibility index (Phi) is 4.19. The van der Waals surface area contributed by atoms with Gasteiger partial charge in [-0.15, -0.1) is 0 Å². The molecule has 100 valence electrons. The van der Waals surface area contributed by atoms with Crippen LogP contribution in [-0.4, -0.2) is 44.1 Å². The minimum absolute atomic E-state index is 0.178. The smallest absolute Gasteiger partial charge is 0.124 e. The number of hydrogen-bond acceptors (Lipinski definition) is 5. The minimum atomic E-state index is -0.620. The Labute approximate surface area is 107 Å². The fourth-order valence-corrected chi connectivity index (χ4v) is 2.01. The summed E-state index contributed by atoms with van der Waals surface area (Å²) in [5.41, 5.74) is 6.30. The molecule has 1 heterocycles. The highest BCUT2D eigenvalue weighted by Crippen LogP contribution is 2.25. The summed E-state index contributed by atoms with van der Waals surface area (Å²) < 4.78 is 10.4. The molecular weight excluding hydrogens is 232 g/mol. The van der Waals surface area contributed by atoms with Gasteiger partial charge in [0.2, 0.25) is 0 Å². The number of methoxy groups -OCH3 is 1. The van der Waals surface area contributed by atoms with Gasteiger partial charge < -0.3 is 25.6 Å². The van der Waals surface area contributed by atoms with Gasteiger partial charge >= 0.3 is 0 Å². The standard InChI is InChI=1S/C13H20N2O3/c1-17-12-5-3-2-4-10(12)11(16)6-15-13(7-14)8-18-9-13/h2-5,11,15-16H,6-9,14H2,1H3. The molecule has 0 saturated carbocycles. The second-order valence-electron chi connectivity index (χ2n) is 4.62. The van der Waals surface area contributed by atoms with Crippen molar-refractivity contribution in [3.63, 3.8) is 0 Å². The van der Waals surface area contributed by atoms with Crippen molar-refractivity contribution >= 4 is 0 Å². The van der Waals surface area contributed by atoms with Gasteiger partial charge in [0.25, 0.3) is 0 Å². The first-order valence-electron chi connectivity index (χ1n) is 6.04. The first-order chi connectivity index (χ1) is 8.71. The first-order valence-corrected chi connectivity index (χ1v) is 6.04. The molecule has 2 rings (SSSR count). The summed E-state index contributed by atoms with van der Waals surface area (Å²) in [6, 6.07) is 7.46. The molecule has 1 aromatic rings. The lowest BCUT2D eigenvalue weighted by molar-refractivity contribution is -0.0728. The van der Waals surface area contributed by atoms with Gasteiger partial charge in [0.1, 0.15) is 5.75 Å². The summed E-state index contributed by atoms with van der Waals surface area (Å²) in [7, 11) is 1.60. The van der Waals surface area contributed by atoms with Crippen LogP contribution >= 0.6 is 0 Å². The number of hydrogen-bond donors (Lipinski definition) is 3. The van der Waals surface area contributed by atoms with Crippen molar-refractivity contribution in [1.82, 2.24) is 5.32 Å². The number of nitrogens with two attached hydrogens (primary N) is 1. The van der Waals surface area contributed by atoms with E-state index in [-0.39, 0.29) is 5.54 Å². The van der Waals surface area contributed by atoms with Crippen LogP contribution in [0.3, 0.4) is 0 Å². The molecule has 1 saturated heterocycles. The topological polar surface area (TPSA) is 76.7 Å². The summed E-state index contributed by atoms with van der Waals surface area (Å²) in [6.07, 6.45) is -0.620. The number of β-amino-alcohol motifs (C(OH)–C–C–N with tert-alkyl or cyclic N) is 1. The van der Waals surface area contributed by atoms with Gasteiger partial charge in [-0.3, -0.25) is 0 Å². The van der Waals surface area contributed by atoms with Crippen LogP contribution in [0.15, 0.2) is 24.3 Å². The second-order valence-corrected chi connectivity index (χ2v) is 4.62. The van der Waals surface area contributed by atoms with Crippen molar-refractivity contribution in [2.24, 2.45) is 5.73 Å². The molecule has 0 spiro atoms. The van der Waals surface area contributed by atoms with Crippen LogP contribution in [-0.2, 0) is 4.74 Å². The zero-order valence-corrected chi connectivity index (χ0v) is 10.6. The van der Waals surface area contributed by atoms with E-state index >= 15 is 0 Å². The Morgan fingerprint density at radius 3 is 2.78 bits per heavy atom. The van der Waals surface area contributed by atoms with Crippen LogP contribution in [0, 0.1) is 0 Å². The molecule has 0 amide bonds. The number of para-hydroxylation sites is 1. The van der Waals surface area contributed by atoms with E-state index < -0.39 is 6.10 Å². The van der Waals surface area contributed by atoms with Crippen molar-refractivity contribution in [2.45, 2.75) is 11.6 Å². The molecule has 18 heavy (non-hydrogen) atoms. The summed E-state index contributed by atoms with van der Waals surface area (Å²) in [4.78, 5) is 0. The quantitative estimate of drug-likeness (QED) is 0.666. The lowest BCUT2D eigenvalue weighted by atomic mass is 9.97. The third-order valence-corrected chi connectivity index (χ3v) is 3.32. The van der Waals surface area contributed by atoms with Crippen molar-refractivity contribution in [3.05, 3.63) is 29.8 Å². The van der Waals surface area contributed by atoms with E-state index in [9.17, 15) is 5.11 Å². The molecule has 0 bridgehead atoms. The molecule has 1 aliphatic rings. The van der Waals surface area contributed by atoms with Crippen LogP contribution in [0.4, 0.5) is 0 Å². The number of ether oxygens (including phenoxy) is 2. The maximum Gasteiger partial charge on any atom is 0.124 e. The Morgan fingerprint density at radius 1 is 1.50 bits per heavy atom. The van der Waals surface area contributed by atoms with Gasteiger partial charge in [0.15, 0.2) is 0 Å². The van der Waals surface area contributed by atoms with Crippen LogP contribution in [0.2, 0.25) is 0 Å². The van der Waals surface area contributed by atoms with E-state index in [0.29, 0.717) is 32.1 Å². The molecule has 0 radical (unpaired) electrons. The van der Waals surface area contributed by atoms with E-state index in [0.717, 1.165) is 5.56 Å². The molecule has 1 unspecified atom stereocenters. The van der Waals surface area contributed by atoms with E-state index in [1.165, 1.54) is 0 Å². The average molecular weight is 252 g/mol. The summed E-state index contributed by atoms with van der Waals surface area (Å²) in [6.45, 7) is 2.14. The fourth-order valence-electron chi connectivity index (χ4n) is 2.01. The van der Waals surface area contributed by atoms with Crippen molar-refractivity contribution < 1.29 is 14.6 Å². The van der Waals surface area contributed by atoms with Gasteiger partial charge in [0, 0.05) is 18.7 Å². The maximum atomic E-state index is 10.2. The van der Waals surface area contributed by atoms with E-state index in [4.69, 9.17) is 15.2 Å². The summed E-state index contributed by atoms with van der Waals surface area (Å²) in [5, 5.41) is 13.5. The number of nitrogens with one attached hydrogen (secondary N) is 1. The normalized spacial score (nSPS) is 19.1. The molecule has 1 atom stereocenters. The molecule has 5 nitrogen and oxygen atoms in total. The zero-order chi connectivity index (χ0) is 13.0. The molecule has 1 aromatic carbocycles. The van der Waals surface area contributed by atoms with Gasteiger partial charge in [-0.05, 0) is 6.07 Å². The predicted octanol–water partition coefficient (Wildman–Crippen LogP) is 0.0459. The fraction of sp³-hybridized carbons (Fsp3) is 0.538. The third-order valence-electron chi connectivity index (χ3n) is 3.32. The molecule has 4 N–H and O–H groups in total. The van der Waals surface area contributed by atoms with Crippen molar-refractivity contribution in [2.75, 3.05) is 33.4 Å². The monoisotopic (exact) mass is 252 g/mol. The molecular formula is C13H20N2O3. The highest BCUT2D eigenvalue weighted by molar-refractivity contribution is 5.35. The Bertz CT molecular complexity index is 388. The van der Waals surface area contributed by atoms with Gasteiger partial charge in [-0.1, -0.05) is 18.2 Å². The summed E-state index contributed by atoms with van der Waals surface area (Å²) >= 11 is 0. The van der Waals surface area contributed by atoms with Crippen LogP contribution in [0.1, 0.15) is 11.7 Å². The molecule has 5 heteroatoms. The molecule has 0 aliphatic carbocycles. The Morgan fingerprint density at radius 2 is 2.22 bits per heavy atom. The SMILES string of the molecule is COc1ccccc1C(O)CNC1(CN)COC1. The van der Waals surface area contributed by atoms with E-state index in [1.807, 2.05) is 24.3 Å². The van der Waals surface area contributed by atoms with Crippen LogP contribution in [0.5, 0.6) is 5.75 Å². The minimum Gasteiger partial charge on any atom is -0.496 e. The first kappa shape index (κ1) is 13.3. The van der Waals surface area contributed by atoms with Crippen molar-refractivity contribution in [3.8, 4) is 5.75 Å². The number of aliphatic hydroxyl groups is 1. The average Bonchev–Trinajstić information content (AvgIpc) is 2.37. The van der Waals surface area contributed by atoms with Gasteiger partial charge in [0.05, 0.1) is 32.0 Å². The highest BCUT2D eigenvalue weighted by Gasteiger charge is 2.37. The van der Waals surface area contributed by atoms with E-state index in [2.05, 4.69) is 5.32 Å². The molecule has 1 fully saturated rings. The number of rotatable bonds is 6. The predicted molar refractivity (Wildman–Crippen MR) is 68.6 cm³/mol. The molecule has 1 aliphatic heterocycles. The van der Waals surface area contributed by atoms with E-state index in [1.54, 1.807) is 7.11 Å².